The van der Waals surface area contributed by atoms with Gasteiger partial charge in [0.1, 0.15) is 5.75 Å². The number of hydrogen-bond donors (Lipinski definition) is 2. The summed E-state index contributed by atoms with van der Waals surface area (Å²) in [4.78, 5) is 1.28. The van der Waals surface area contributed by atoms with Gasteiger partial charge in [-0.25, -0.2) is 0 Å². The molecule has 0 aliphatic rings. The average Bonchev–Trinajstić information content (AvgIpc) is 2.70. The smallest absolute Gasteiger partial charge is 0.120 e. The van der Waals surface area contributed by atoms with Crippen molar-refractivity contribution in [1.29, 1.82) is 0 Å². The summed E-state index contributed by atoms with van der Waals surface area (Å²) in [6.45, 7) is 3.52. The quantitative estimate of drug-likeness (QED) is 0.899. The average molecular weight is 312 g/mol. The van der Waals surface area contributed by atoms with Gasteiger partial charge in [-0.1, -0.05) is 17.7 Å². The molecule has 17 heavy (non-hydrogen) atoms. The summed E-state index contributed by atoms with van der Waals surface area (Å²) in [5.74, 6) is 0.355. The van der Waals surface area contributed by atoms with E-state index in [4.69, 9.17) is 0 Å². The molecule has 0 amide bonds. The Bertz CT molecular complexity index is 510. The molecule has 0 saturated carbocycles. The highest BCUT2D eigenvalue weighted by Crippen LogP contribution is 2.23. The molecule has 0 fully saturated rings. The predicted molar refractivity (Wildman–Crippen MR) is 75.4 cm³/mol. The van der Waals surface area contributed by atoms with E-state index in [1.807, 2.05) is 25.1 Å². The summed E-state index contributed by atoms with van der Waals surface area (Å²) in [6.07, 6.45) is 0. The first-order valence-corrected chi connectivity index (χ1v) is 7.05. The zero-order valence-electron chi connectivity index (χ0n) is 9.53. The van der Waals surface area contributed by atoms with Crippen LogP contribution in [0, 0.1) is 6.92 Å². The molecule has 2 nitrogen and oxygen atoms in total. The topological polar surface area (TPSA) is 32.3 Å². The van der Waals surface area contributed by atoms with Crippen molar-refractivity contribution in [2.24, 2.45) is 0 Å². The fourth-order valence-electron chi connectivity index (χ4n) is 1.62. The minimum absolute atomic E-state index is 0.355. The normalized spacial score (nSPS) is 10.7. The lowest BCUT2D eigenvalue weighted by atomic mass is 10.1. The highest BCUT2D eigenvalue weighted by molar-refractivity contribution is 9.10. The van der Waals surface area contributed by atoms with E-state index in [1.165, 1.54) is 4.88 Å². The second-order valence-corrected chi connectivity index (χ2v) is 5.78. The number of phenolic OH excluding ortho intramolecular Hbond substituents is 1. The van der Waals surface area contributed by atoms with Gasteiger partial charge in [-0.2, -0.15) is 0 Å². The zero-order valence-corrected chi connectivity index (χ0v) is 11.9. The van der Waals surface area contributed by atoms with Gasteiger partial charge in [0.2, 0.25) is 0 Å². The third-order valence-corrected chi connectivity index (χ3v) is 4.45. The van der Waals surface area contributed by atoms with Gasteiger partial charge in [0, 0.05) is 28.0 Å². The third-order valence-electron chi connectivity index (χ3n) is 2.53. The molecule has 1 heterocycles. The van der Waals surface area contributed by atoms with E-state index in [-0.39, 0.29) is 0 Å². The maximum Gasteiger partial charge on any atom is 0.120 e. The van der Waals surface area contributed by atoms with Gasteiger partial charge in [0.05, 0.1) is 0 Å². The SMILES string of the molecule is Cc1ccc(O)c(CNCc2sccc2Br)c1. The molecule has 0 bridgehead atoms. The van der Waals surface area contributed by atoms with Crippen molar-refractivity contribution in [3.63, 3.8) is 0 Å². The molecular weight excluding hydrogens is 298 g/mol. The van der Waals surface area contributed by atoms with Gasteiger partial charge in [-0.05, 0) is 40.4 Å². The van der Waals surface area contributed by atoms with Crippen LogP contribution in [0.2, 0.25) is 0 Å². The molecule has 2 N–H and O–H groups in total. The van der Waals surface area contributed by atoms with Crippen LogP contribution in [0.4, 0.5) is 0 Å². The highest BCUT2D eigenvalue weighted by Gasteiger charge is 2.03. The van der Waals surface area contributed by atoms with Gasteiger partial charge in [-0.3, -0.25) is 0 Å². The van der Waals surface area contributed by atoms with Crippen LogP contribution in [-0.2, 0) is 13.1 Å². The molecule has 0 radical (unpaired) electrons. The van der Waals surface area contributed by atoms with E-state index in [0.29, 0.717) is 12.3 Å². The van der Waals surface area contributed by atoms with Crippen LogP contribution in [0.1, 0.15) is 16.0 Å². The Morgan fingerprint density at radius 3 is 2.82 bits per heavy atom. The summed E-state index contributed by atoms with van der Waals surface area (Å²) in [5, 5.41) is 15.1. The lowest BCUT2D eigenvalue weighted by molar-refractivity contribution is 0.464. The van der Waals surface area contributed by atoms with Crippen molar-refractivity contribution in [2.75, 3.05) is 0 Å². The number of nitrogens with one attached hydrogen (secondary N) is 1. The standard InChI is InChI=1S/C13H14BrNOS/c1-9-2-3-12(16)10(6-9)7-15-8-13-11(14)4-5-17-13/h2-6,15-16H,7-8H2,1H3. The van der Waals surface area contributed by atoms with E-state index in [0.717, 1.165) is 22.1 Å². The van der Waals surface area contributed by atoms with Crippen molar-refractivity contribution in [1.82, 2.24) is 5.32 Å². The molecule has 2 rings (SSSR count). The molecule has 1 aromatic carbocycles. The van der Waals surface area contributed by atoms with Crippen LogP contribution in [0.3, 0.4) is 0 Å². The Morgan fingerprint density at radius 2 is 2.12 bits per heavy atom. The summed E-state index contributed by atoms with van der Waals surface area (Å²) in [5.41, 5.74) is 2.11. The van der Waals surface area contributed by atoms with Gasteiger partial charge >= 0.3 is 0 Å². The molecule has 0 aliphatic carbocycles. The van der Waals surface area contributed by atoms with Crippen LogP contribution < -0.4 is 5.32 Å². The predicted octanol–water partition coefficient (Wildman–Crippen LogP) is 3.81. The Kier molecular flexibility index (Phi) is 4.20. The number of rotatable bonds is 4. The number of hydrogen-bond acceptors (Lipinski definition) is 3. The van der Waals surface area contributed by atoms with Crippen molar-refractivity contribution < 1.29 is 5.11 Å². The molecule has 0 saturated heterocycles. The van der Waals surface area contributed by atoms with E-state index in [2.05, 4.69) is 26.6 Å². The highest BCUT2D eigenvalue weighted by atomic mass is 79.9. The largest absolute Gasteiger partial charge is 0.508 e. The number of thiophene rings is 1. The van der Waals surface area contributed by atoms with Crippen molar-refractivity contribution in [3.8, 4) is 5.75 Å². The molecule has 0 unspecified atom stereocenters. The molecule has 0 spiro atoms. The van der Waals surface area contributed by atoms with Crippen LogP contribution in [0.25, 0.3) is 0 Å². The molecule has 4 heteroatoms. The molecule has 1 aromatic heterocycles. The van der Waals surface area contributed by atoms with Crippen molar-refractivity contribution in [2.45, 2.75) is 20.0 Å². The molecule has 90 valence electrons. The second kappa shape index (κ2) is 5.67. The summed E-state index contributed by atoms with van der Waals surface area (Å²) in [6, 6.07) is 7.71. The maximum atomic E-state index is 9.70. The van der Waals surface area contributed by atoms with E-state index in [9.17, 15) is 5.11 Å². The summed E-state index contributed by atoms with van der Waals surface area (Å²) < 4.78 is 1.14. The van der Waals surface area contributed by atoms with E-state index >= 15 is 0 Å². The Hall–Kier alpha value is -0.840. The number of aromatic hydroxyl groups is 1. The third kappa shape index (κ3) is 3.31. The van der Waals surface area contributed by atoms with Gasteiger partial charge in [-0.15, -0.1) is 11.3 Å². The Balaban J connectivity index is 1.94. The van der Waals surface area contributed by atoms with Crippen LogP contribution in [0.5, 0.6) is 5.75 Å². The molecule has 2 aromatic rings. The number of benzene rings is 1. The fraction of sp³-hybridized carbons (Fsp3) is 0.231. The fourth-order valence-corrected chi connectivity index (χ4v) is 3.08. The van der Waals surface area contributed by atoms with Crippen molar-refractivity contribution in [3.05, 3.63) is 50.1 Å². The first kappa shape index (κ1) is 12.6. The first-order valence-electron chi connectivity index (χ1n) is 5.38. The van der Waals surface area contributed by atoms with Gasteiger partial charge in [0.15, 0.2) is 0 Å². The van der Waals surface area contributed by atoms with Crippen LogP contribution in [0.15, 0.2) is 34.1 Å². The Labute approximate surface area is 113 Å². The molecule has 0 aliphatic heterocycles. The minimum Gasteiger partial charge on any atom is -0.508 e. The van der Waals surface area contributed by atoms with Crippen LogP contribution in [-0.4, -0.2) is 5.11 Å². The number of phenols is 1. The second-order valence-electron chi connectivity index (χ2n) is 3.93. The van der Waals surface area contributed by atoms with E-state index < -0.39 is 0 Å². The number of aryl methyl sites for hydroxylation is 1. The van der Waals surface area contributed by atoms with E-state index in [1.54, 1.807) is 17.4 Å². The molecule has 0 atom stereocenters. The van der Waals surface area contributed by atoms with Crippen LogP contribution >= 0.6 is 27.3 Å². The summed E-state index contributed by atoms with van der Waals surface area (Å²) in [7, 11) is 0. The maximum absolute atomic E-state index is 9.70. The number of halogens is 1. The van der Waals surface area contributed by atoms with Gasteiger partial charge < -0.3 is 10.4 Å². The van der Waals surface area contributed by atoms with Crippen molar-refractivity contribution >= 4 is 27.3 Å². The zero-order chi connectivity index (χ0) is 12.3. The Morgan fingerprint density at radius 1 is 1.29 bits per heavy atom. The lowest BCUT2D eigenvalue weighted by Gasteiger charge is -2.07. The van der Waals surface area contributed by atoms with Gasteiger partial charge in [0.25, 0.3) is 0 Å². The molecular formula is C13H14BrNOS. The monoisotopic (exact) mass is 311 g/mol. The minimum atomic E-state index is 0.355. The lowest BCUT2D eigenvalue weighted by Crippen LogP contribution is -2.12. The first-order chi connectivity index (χ1) is 8.16. The summed E-state index contributed by atoms with van der Waals surface area (Å²) >= 11 is 5.22.